The summed E-state index contributed by atoms with van der Waals surface area (Å²) in [7, 11) is 0. The number of nitrogens with one attached hydrogen (secondary N) is 1. The summed E-state index contributed by atoms with van der Waals surface area (Å²) < 4.78 is 5.59. The molecule has 0 saturated heterocycles. The van der Waals surface area contributed by atoms with Crippen LogP contribution in [0.15, 0.2) is 49.1 Å². The van der Waals surface area contributed by atoms with Gasteiger partial charge in [-0.15, -0.1) is 0 Å². The Morgan fingerprint density at radius 2 is 2.12 bits per heavy atom. The van der Waals surface area contributed by atoms with E-state index in [1.165, 1.54) is 6.33 Å². The molecule has 78 valence electrons. The molecule has 0 aliphatic rings. The van der Waals surface area contributed by atoms with Gasteiger partial charge in [-0.2, -0.15) is 0 Å². The van der Waals surface area contributed by atoms with Gasteiger partial charge in [-0.25, -0.2) is 9.97 Å². The van der Waals surface area contributed by atoms with Gasteiger partial charge in [0.1, 0.15) is 12.1 Å². The molecule has 0 bridgehead atoms. The van der Waals surface area contributed by atoms with Crippen LogP contribution in [0.3, 0.4) is 0 Å². The summed E-state index contributed by atoms with van der Waals surface area (Å²) in [5, 5.41) is 1.12. The van der Waals surface area contributed by atoms with Gasteiger partial charge in [-0.05, 0) is 24.3 Å². The zero-order valence-electron chi connectivity index (χ0n) is 8.42. The number of benzene rings is 1. The molecule has 0 aliphatic carbocycles. The fraction of sp³-hybridized carbons (Fsp3) is 0. The van der Waals surface area contributed by atoms with Crippen LogP contribution in [0.25, 0.3) is 10.9 Å². The fourth-order valence-corrected chi connectivity index (χ4v) is 1.55. The summed E-state index contributed by atoms with van der Waals surface area (Å²) in [6, 6.07) is 9.57. The van der Waals surface area contributed by atoms with Gasteiger partial charge >= 0.3 is 0 Å². The zero-order valence-corrected chi connectivity index (χ0v) is 8.42. The maximum absolute atomic E-state index is 5.59. The summed E-state index contributed by atoms with van der Waals surface area (Å²) >= 11 is 0. The van der Waals surface area contributed by atoms with E-state index in [0.717, 1.165) is 16.7 Å². The number of rotatable bonds is 2. The van der Waals surface area contributed by atoms with Crippen LogP contribution in [0.1, 0.15) is 0 Å². The lowest BCUT2D eigenvalue weighted by molar-refractivity contribution is 0.462. The first-order chi connectivity index (χ1) is 7.92. The van der Waals surface area contributed by atoms with Crippen molar-refractivity contribution in [2.75, 3.05) is 0 Å². The summed E-state index contributed by atoms with van der Waals surface area (Å²) in [6.45, 7) is 0. The molecule has 0 saturated carbocycles. The van der Waals surface area contributed by atoms with Gasteiger partial charge in [0, 0.05) is 29.4 Å². The molecule has 2 heterocycles. The molecule has 3 rings (SSSR count). The van der Waals surface area contributed by atoms with Gasteiger partial charge in [0.15, 0.2) is 0 Å². The first kappa shape index (κ1) is 8.91. The van der Waals surface area contributed by atoms with Crippen LogP contribution in [0.4, 0.5) is 0 Å². The van der Waals surface area contributed by atoms with E-state index in [9.17, 15) is 0 Å². The standard InChI is InChI=1S/C12H9N3O/c1-2-11-9(3-6-14-11)7-10(1)16-12-4-5-13-8-15-12/h1-8,14H. The lowest BCUT2D eigenvalue weighted by atomic mass is 10.2. The molecule has 0 unspecified atom stereocenters. The minimum absolute atomic E-state index is 0.546. The van der Waals surface area contributed by atoms with E-state index in [-0.39, 0.29) is 0 Å². The molecule has 1 aromatic carbocycles. The van der Waals surface area contributed by atoms with Gasteiger partial charge in [-0.1, -0.05) is 0 Å². The van der Waals surface area contributed by atoms with E-state index < -0.39 is 0 Å². The smallest absolute Gasteiger partial charge is 0.222 e. The molecule has 0 fully saturated rings. The van der Waals surface area contributed by atoms with Crippen molar-refractivity contribution >= 4 is 10.9 Å². The van der Waals surface area contributed by atoms with Gasteiger partial charge in [0.05, 0.1) is 0 Å². The van der Waals surface area contributed by atoms with Gasteiger partial charge < -0.3 is 9.72 Å². The molecule has 0 aliphatic heterocycles. The molecule has 3 aromatic rings. The Bertz CT molecular complexity index is 604. The largest absolute Gasteiger partial charge is 0.439 e. The second-order valence-corrected chi connectivity index (χ2v) is 3.38. The average Bonchev–Trinajstić information content (AvgIpc) is 2.77. The Balaban J connectivity index is 1.94. The minimum Gasteiger partial charge on any atom is -0.439 e. The molecule has 4 heteroatoms. The fourth-order valence-electron chi connectivity index (χ4n) is 1.55. The Morgan fingerprint density at radius 1 is 1.12 bits per heavy atom. The van der Waals surface area contributed by atoms with Crippen molar-refractivity contribution in [1.29, 1.82) is 0 Å². The van der Waals surface area contributed by atoms with Crippen molar-refractivity contribution in [3.63, 3.8) is 0 Å². The third kappa shape index (κ3) is 1.61. The Morgan fingerprint density at radius 3 is 3.00 bits per heavy atom. The highest BCUT2D eigenvalue weighted by molar-refractivity contribution is 5.80. The second kappa shape index (κ2) is 3.66. The molecule has 0 amide bonds. The van der Waals surface area contributed by atoms with Gasteiger partial charge in [-0.3, -0.25) is 0 Å². The minimum atomic E-state index is 0.546. The van der Waals surface area contributed by atoms with E-state index in [0.29, 0.717) is 5.88 Å². The zero-order chi connectivity index (χ0) is 10.8. The van der Waals surface area contributed by atoms with Crippen LogP contribution in [0, 0.1) is 0 Å². The predicted molar refractivity (Wildman–Crippen MR) is 60.4 cm³/mol. The number of fused-ring (bicyclic) bond motifs is 1. The maximum Gasteiger partial charge on any atom is 0.222 e. The summed E-state index contributed by atoms with van der Waals surface area (Å²) in [6.07, 6.45) is 5.01. The van der Waals surface area contributed by atoms with E-state index >= 15 is 0 Å². The lowest BCUT2D eigenvalue weighted by Crippen LogP contribution is -1.87. The van der Waals surface area contributed by atoms with Gasteiger partial charge in [0.2, 0.25) is 5.88 Å². The molecular weight excluding hydrogens is 202 g/mol. The molecular formula is C12H9N3O. The molecule has 4 nitrogen and oxygen atoms in total. The SMILES string of the molecule is c1cc(Oc2ccc3[nH]ccc3c2)ncn1. The van der Waals surface area contributed by atoms with Crippen molar-refractivity contribution in [2.24, 2.45) is 0 Å². The average molecular weight is 211 g/mol. The van der Waals surface area contributed by atoms with Gasteiger partial charge in [0.25, 0.3) is 0 Å². The number of nitrogens with zero attached hydrogens (tertiary/aromatic N) is 2. The Kier molecular flexibility index (Phi) is 2.04. The normalized spacial score (nSPS) is 10.5. The summed E-state index contributed by atoms with van der Waals surface area (Å²) in [5.41, 5.74) is 1.09. The highest BCUT2D eigenvalue weighted by Gasteiger charge is 2.00. The number of hydrogen-bond donors (Lipinski definition) is 1. The lowest BCUT2D eigenvalue weighted by Gasteiger charge is -2.03. The van der Waals surface area contributed by atoms with Crippen molar-refractivity contribution in [2.45, 2.75) is 0 Å². The first-order valence-corrected chi connectivity index (χ1v) is 4.93. The molecule has 16 heavy (non-hydrogen) atoms. The predicted octanol–water partition coefficient (Wildman–Crippen LogP) is 2.75. The van der Waals surface area contributed by atoms with Crippen LogP contribution in [0.5, 0.6) is 11.6 Å². The van der Waals surface area contributed by atoms with Crippen molar-refractivity contribution < 1.29 is 4.74 Å². The number of hydrogen-bond acceptors (Lipinski definition) is 3. The molecule has 0 spiro atoms. The van der Waals surface area contributed by atoms with Crippen LogP contribution in [0.2, 0.25) is 0 Å². The van der Waals surface area contributed by atoms with Crippen LogP contribution in [-0.4, -0.2) is 15.0 Å². The van der Waals surface area contributed by atoms with Crippen molar-refractivity contribution in [3.8, 4) is 11.6 Å². The number of ether oxygens (including phenoxy) is 1. The third-order valence-corrected chi connectivity index (χ3v) is 2.30. The summed E-state index contributed by atoms with van der Waals surface area (Å²) in [4.78, 5) is 11.0. The number of aromatic nitrogens is 3. The first-order valence-electron chi connectivity index (χ1n) is 4.93. The van der Waals surface area contributed by atoms with Crippen LogP contribution < -0.4 is 4.74 Å². The van der Waals surface area contributed by atoms with Crippen LogP contribution in [-0.2, 0) is 0 Å². The number of aromatic amines is 1. The van der Waals surface area contributed by atoms with E-state index in [2.05, 4.69) is 15.0 Å². The quantitative estimate of drug-likeness (QED) is 0.709. The molecule has 2 aromatic heterocycles. The highest BCUT2D eigenvalue weighted by Crippen LogP contribution is 2.23. The topological polar surface area (TPSA) is 50.8 Å². The summed E-state index contributed by atoms with van der Waals surface area (Å²) in [5.74, 6) is 1.32. The highest BCUT2D eigenvalue weighted by atomic mass is 16.5. The van der Waals surface area contributed by atoms with E-state index in [1.807, 2.05) is 30.5 Å². The maximum atomic E-state index is 5.59. The van der Waals surface area contributed by atoms with Crippen molar-refractivity contribution in [1.82, 2.24) is 15.0 Å². The molecule has 1 N–H and O–H groups in total. The molecule has 0 atom stereocenters. The Hall–Kier alpha value is -2.36. The van der Waals surface area contributed by atoms with Crippen molar-refractivity contribution in [3.05, 3.63) is 49.1 Å². The Labute approximate surface area is 91.9 Å². The van der Waals surface area contributed by atoms with E-state index in [1.54, 1.807) is 12.3 Å². The molecule has 0 radical (unpaired) electrons. The van der Waals surface area contributed by atoms with Crippen LogP contribution >= 0.6 is 0 Å². The van der Waals surface area contributed by atoms with E-state index in [4.69, 9.17) is 4.74 Å². The second-order valence-electron chi connectivity index (χ2n) is 3.38. The number of H-pyrrole nitrogens is 1. The third-order valence-electron chi connectivity index (χ3n) is 2.30. The monoisotopic (exact) mass is 211 g/mol.